The maximum Gasteiger partial charge on any atom is 0.230 e. The molecule has 1 amide bonds. The summed E-state index contributed by atoms with van der Waals surface area (Å²) >= 11 is 0. The zero-order valence-corrected chi connectivity index (χ0v) is 18.7. The molecule has 0 atom stereocenters. The highest BCUT2D eigenvalue weighted by Gasteiger charge is 2.33. The zero-order chi connectivity index (χ0) is 25.0. The van der Waals surface area contributed by atoms with Crippen molar-refractivity contribution < 1.29 is 31.5 Å². The fourth-order valence-corrected chi connectivity index (χ4v) is 3.37. The van der Waals surface area contributed by atoms with Crippen LogP contribution in [-0.4, -0.2) is 13.0 Å². The second-order valence-corrected chi connectivity index (χ2v) is 8.27. The number of anilines is 1. The third-order valence-electron chi connectivity index (χ3n) is 5.27. The Hall–Kier alpha value is -3.68. The second kappa shape index (κ2) is 10.1. The molecule has 0 fully saturated rings. The Bertz CT molecular complexity index is 1210. The van der Waals surface area contributed by atoms with Crippen LogP contribution in [0.5, 0.6) is 5.75 Å². The van der Waals surface area contributed by atoms with Crippen molar-refractivity contribution in [3.8, 4) is 5.75 Å². The van der Waals surface area contributed by atoms with E-state index in [1.165, 1.54) is 21.0 Å². The molecule has 0 aromatic heterocycles. The predicted molar refractivity (Wildman–Crippen MR) is 121 cm³/mol. The van der Waals surface area contributed by atoms with Crippen molar-refractivity contribution in [2.24, 2.45) is 5.41 Å². The topological polar surface area (TPSA) is 38.3 Å². The minimum absolute atomic E-state index is 0.0927. The lowest BCUT2D eigenvalue weighted by Gasteiger charge is -2.26. The number of rotatable bonds is 7. The van der Waals surface area contributed by atoms with Gasteiger partial charge >= 0.3 is 0 Å². The highest BCUT2D eigenvalue weighted by molar-refractivity contribution is 5.97. The fraction of sp³-hybridized carbons (Fsp3) is 0.192. The number of carbonyl (C=O) groups excluding carboxylic acids is 1. The van der Waals surface area contributed by atoms with Gasteiger partial charge in [-0.1, -0.05) is 62.4 Å². The van der Waals surface area contributed by atoms with E-state index < -0.39 is 46.1 Å². The van der Waals surface area contributed by atoms with Crippen LogP contribution in [0.2, 0.25) is 0 Å². The number of hydrogen-bond acceptors (Lipinski definition) is 2. The van der Waals surface area contributed by atoms with Crippen molar-refractivity contribution in [3.05, 3.63) is 94.8 Å². The van der Waals surface area contributed by atoms with Crippen molar-refractivity contribution in [2.75, 3.05) is 12.4 Å². The molecule has 3 aromatic carbocycles. The summed E-state index contributed by atoms with van der Waals surface area (Å²) in [6.07, 6.45) is 1.93. The molecule has 0 unspecified atom stereocenters. The van der Waals surface area contributed by atoms with E-state index in [9.17, 15) is 26.7 Å². The van der Waals surface area contributed by atoms with Crippen LogP contribution in [0.15, 0.2) is 54.6 Å². The molecule has 3 aromatic rings. The van der Waals surface area contributed by atoms with Gasteiger partial charge in [-0.05, 0) is 35.3 Å². The van der Waals surface area contributed by atoms with E-state index >= 15 is 0 Å². The van der Waals surface area contributed by atoms with Crippen LogP contribution in [-0.2, 0) is 4.79 Å². The van der Waals surface area contributed by atoms with Crippen LogP contribution in [0.4, 0.5) is 27.6 Å². The number of amides is 1. The van der Waals surface area contributed by atoms with Gasteiger partial charge in [-0.15, -0.1) is 0 Å². The molecule has 0 saturated carbocycles. The normalized spacial score (nSPS) is 11.9. The fourth-order valence-electron chi connectivity index (χ4n) is 3.37. The first-order valence-electron chi connectivity index (χ1n) is 10.3. The smallest absolute Gasteiger partial charge is 0.230 e. The summed E-state index contributed by atoms with van der Waals surface area (Å²) in [6, 6.07) is 16.3. The van der Waals surface area contributed by atoms with Crippen LogP contribution in [0.3, 0.4) is 0 Å². The number of halogens is 5. The molecule has 0 aliphatic heterocycles. The summed E-state index contributed by atoms with van der Waals surface area (Å²) in [5.74, 6) is -11.0. The van der Waals surface area contributed by atoms with Crippen molar-refractivity contribution >= 4 is 23.2 Å². The third-order valence-corrected chi connectivity index (χ3v) is 5.27. The highest BCUT2D eigenvalue weighted by Crippen LogP contribution is 2.35. The molecule has 0 heterocycles. The van der Waals surface area contributed by atoms with Crippen molar-refractivity contribution in [1.82, 2.24) is 0 Å². The second-order valence-electron chi connectivity index (χ2n) is 8.27. The number of benzene rings is 3. The molecule has 34 heavy (non-hydrogen) atoms. The van der Waals surface area contributed by atoms with Crippen molar-refractivity contribution in [2.45, 2.75) is 20.3 Å². The van der Waals surface area contributed by atoms with E-state index in [0.717, 1.165) is 11.1 Å². The van der Waals surface area contributed by atoms with E-state index in [1.54, 1.807) is 18.2 Å². The monoisotopic (exact) mass is 475 g/mol. The molecular weight excluding hydrogens is 453 g/mol. The summed E-state index contributed by atoms with van der Waals surface area (Å²) in [7, 11) is 1.54. The van der Waals surface area contributed by atoms with Crippen molar-refractivity contribution in [1.29, 1.82) is 0 Å². The Morgan fingerprint density at radius 3 is 2.06 bits per heavy atom. The van der Waals surface area contributed by atoms with Crippen molar-refractivity contribution in [3.63, 3.8) is 0 Å². The lowest BCUT2D eigenvalue weighted by molar-refractivity contribution is -0.123. The first kappa shape index (κ1) is 25.0. The Labute approximate surface area is 193 Å². The summed E-state index contributed by atoms with van der Waals surface area (Å²) in [6.45, 7) is 3.02. The van der Waals surface area contributed by atoms with Gasteiger partial charge in [-0.25, -0.2) is 22.0 Å². The number of hydrogen-bond donors (Lipinski definition) is 1. The van der Waals surface area contributed by atoms with Gasteiger partial charge < -0.3 is 10.1 Å². The van der Waals surface area contributed by atoms with E-state index in [4.69, 9.17) is 4.74 Å². The van der Waals surface area contributed by atoms with Gasteiger partial charge in [-0.2, -0.15) is 0 Å². The lowest BCUT2D eigenvalue weighted by atomic mass is 9.81. The van der Waals surface area contributed by atoms with Crippen LogP contribution in [0.1, 0.15) is 31.4 Å². The molecule has 178 valence electrons. The number of allylic oxidation sites excluding steroid dienone is 1. The van der Waals surface area contributed by atoms with Crippen LogP contribution < -0.4 is 10.1 Å². The molecule has 8 heteroatoms. The van der Waals surface area contributed by atoms with E-state index in [1.807, 2.05) is 47.8 Å². The molecular formula is C26H22F5NO2. The standard InChI is InChI=1S/C26H22F5NO2/c1-26(2,25(33)32-24-22(30)20(28)19(27)21(29)23(24)31)14-17(16-9-5-4-6-10-16)12-15-8-7-11-18(13-15)34-3/h4-13H,14H2,1-3H3,(H,32,33)/b17-12-. The number of carbonyl (C=O) groups is 1. The average molecular weight is 475 g/mol. The maximum atomic E-state index is 14.1. The number of ether oxygens (including phenoxy) is 1. The first-order valence-corrected chi connectivity index (χ1v) is 10.3. The maximum absolute atomic E-state index is 14.1. The highest BCUT2D eigenvalue weighted by atomic mass is 19.2. The molecule has 3 nitrogen and oxygen atoms in total. The van der Waals surface area contributed by atoms with Gasteiger partial charge in [0.05, 0.1) is 7.11 Å². The van der Waals surface area contributed by atoms with E-state index in [-0.39, 0.29) is 6.42 Å². The Balaban J connectivity index is 1.96. The van der Waals surface area contributed by atoms with Gasteiger partial charge in [0.15, 0.2) is 23.3 Å². The molecule has 3 rings (SSSR count). The number of nitrogens with one attached hydrogen (secondary N) is 1. The van der Waals surface area contributed by atoms with Crippen LogP contribution >= 0.6 is 0 Å². The van der Waals surface area contributed by atoms with E-state index in [2.05, 4.69) is 0 Å². The summed E-state index contributed by atoms with van der Waals surface area (Å²) in [5, 5.41) is 1.88. The Morgan fingerprint density at radius 2 is 1.47 bits per heavy atom. The van der Waals surface area contributed by atoms with Gasteiger partial charge in [0, 0.05) is 5.41 Å². The Morgan fingerprint density at radius 1 is 0.882 bits per heavy atom. The Kier molecular flexibility index (Phi) is 7.39. The zero-order valence-electron chi connectivity index (χ0n) is 18.7. The molecule has 0 spiro atoms. The molecule has 0 aliphatic rings. The minimum atomic E-state index is -2.29. The van der Waals surface area contributed by atoms with Gasteiger partial charge in [-0.3, -0.25) is 4.79 Å². The third kappa shape index (κ3) is 5.27. The molecule has 0 saturated heterocycles. The van der Waals surface area contributed by atoms with Gasteiger partial charge in [0.1, 0.15) is 11.4 Å². The van der Waals surface area contributed by atoms with Gasteiger partial charge in [0.2, 0.25) is 11.7 Å². The predicted octanol–water partition coefficient (Wildman–Crippen LogP) is 6.99. The van der Waals surface area contributed by atoms with Crippen LogP contribution in [0.25, 0.3) is 11.6 Å². The summed E-state index contributed by atoms with van der Waals surface area (Å²) in [4.78, 5) is 12.9. The minimum Gasteiger partial charge on any atom is -0.497 e. The quantitative estimate of drug-likeness (QED) is 0.173. The SMILES string of the molecule is COc1cccc(/C=C(/CC(C)(C)C(=O)Nc2c(F)c(F)c(F)c(F)c2F)c2ccccc2)c1. The lowest BCUT2D eigenvalue weighted by Crippen LogP contribution is -2.32. The van der Waals surface area contributed by atoms with Crippen LogP contribution in [0, 0.1) is 34.5 Å². The summed E-state index contributed by atoms with van der Waals surface area (Å²) < 4.78 is 73.8. The molecule has 1 N–H and O–H groups in total. The largest absolute Gasteiger partial charge is 0.497 e. The number of methoxy groups -OCH3 is 1. The molecule has 0 aliphatic carbocycles. The summed E-state index contributed by atoms with van der Waals surface area (Å²) in [5.41, 5.74) is -0.378. The molecule has 0 bridgehead atoms. The first-order chi connectivity index (χ1) is 16.0. The molecule has 0 radical (unpaired) electrons. The van der Waals surface area contributed by atoms with Gasteiger partial charge in [0.25, 0.3) is 0 Å². The average Bonchev–Trinajstić information content (AvgIpc) is 2.84. The van der Waals surface area contributed by atoms with E-state index in [0.29, 0.717) is 11.3 Å².